The Morgan fingerprint density at radius 2 is 1.76 bits per heavy atom. The highest BCUT2D eigenvalue weighted by molar-refractivity contribution is 5.98. The monoisotopic (exact) mass is 448 g/mol. The molecule has 2 aromatic heterocycles. The van der Waals surface area contributed by atoms with Gasteiger partial charge in [0, 0.05) is 22.7 Å². The van der Waals surface area contributed by atoms with E-state index in [0.29, 0.717) is 36.1 Å². The van der Waals surface area contributed by atoms with Crippen LogP contribution in [0, 0.1) is 0 Å². The summed E-state index contributed by atoms with van der Waals surface area (Å²) in [4.78, 5) is 23.5. The molecule has 0 N–H and O–H groups in total. The van der Waals surface area contributed by atoms with Crippen LogP contribution in [0.4, 0.5) is 0 Å². The van der Waals surface area contributed by atoms with Crippen LogP contribution in [0.2, 0.25) is 0 Å². The minimum absolute atomic E-state index is 0.0108. The van der Waals surface area contributed by atoms with E-state index >= 15 is 0 Å². The summed E-state index contributed by atoms with van der Waals surface area (Å²) < 4.78 is 11.7. The van der Waals surface area contributed by atoms with Crippen molar-refractivity contribution in [1.29, 1.82) is 0 Å². The molecule has 1 amide bonds. The Bertz CT molecular complexity index is 1480. The maximum Gasteiger partial charge on any atom is 0.262 e. The molecule has 0 unspecified atom stereocenters. The molecule has 3 heterocycles. The Labute approximate surface area is 195 Å². The lowest BCUT2D eigenvalue weighted by atomic mass is 10.1. The fourth-order valence-electron chi connectivity index (χ4n) is 4.03. The Hall–Kier alpha value is -4.52. The predicted octanol–water partition coefficient (Wildman–Crippen LogP) is 4.86. The molecular weight excluding hydrogens is 428 g/mol. The minimum Gasteiger partial charge on any atom is -0.486 e. The predicted molar refractivity (Wildman–Crippen MR) is 127 cm³/mol. The zero-order valence-electron chi connectivity index (χ0n) is 18.2. The highest BCUT2D eigenvalue weighted by atomic mass is 16.5. The first-order valence-electron chi connectivity index (χ1n) is 11.0. The number of hydrogen-bond donors (Lipinski definition) is 0. The van der Waals surface area contributed by atoms with Gasteiger partial charge in [-0.3, -0.25) is 9.78 Å². The van der Waals surface area contributed by atoms with Gasteiger partial charge < -0.3 is 14.2 Å². The highest BCUT2D eigenvalue weighted by Crippen LogP contribution is 2.32. The fourth-order valence-corrected chi connectivity index (χ4v) is 4.03. The number of carbonyl (C=O) groups excluding carboxylic acids is 1. The van der Waals surface area contributed by atoms with Crippen LogP contribution in [0.1, 0.15) is 10.4 Å². The van der Waals surface area contributed by atoms with Crippen molar-refractivity contribution in [3.63, 3.8) is 0 Å². The molecular formula is C27H20N4O3. The second-order valence-electron chi connectivity index (χ2n) is 8.15. The van der Waals surface area contributed by atoms with Gasteiger partial charge in [-0.2, -0.15) is 4.98 Å². The van der Waals surface area contributed by atoms with Gasteiger partial charge in [-0.1, -0.05) is 53.7 Å². The van der Waals surface area contributed by atoms with Crippen molar-refractivity contribution in [2.75, 3.05) is 13.1 Å². The molecule has 5 aromatic rings. The lowest BCUT2D eigenvalue weighted by Gasteiger charge is -2.39. The molecule has 3 aromatic carbocycles. The van der Waals surface area contributed by atoms with Gasteiger partial charge in [-0.05, 0) is 36.4 Å². The second kappa shape index (κ2) is 8.44. The Balaban J connectivity index is 1.15. The third-order valence-corrected chi connectivity index (χ3v) is 5.85. The minimum atomic E-state index is -0.108. The third-order valence-electron chi connectivity index (χ3n) is 5.85. The summed E-state index contributed by atoms with van der Waals surface area (Å²) in [5.41, 5.74) is 3.13. The van der Waals surface area contributed by atoms with Crippen LogP contribution >= 0.6 is 0 Å². The number of benzene rings is 3. The maximum absolute atomic E-state index is 12.9. The second-order valence-corrected chi connectivity index (χ2v) is 8.15. The van der Waals surface area contributed by atoms with E-state index in [0.717, 1.165) is 22.0 Å². The van der Waals surface area contributed by atoms with Crippen LogP contribution in [0.15, 0.2) is 95.6 Å². The zero-order valence-corrected chi connectivity index (χ0v) is 18.2. The summed E-state index contributed by atoms with van der Waals surface area (Å²) in [6, 6.07) is 26.6. The number of likely N-dealkylation sites (tertiary alicyclic amines) is 1. The molecule has 166 valence electrons. The van der Waals surface area contributed by atoms with E-state index in [-0.39, 0.29) is 12.0 Å². The first kappa shape index (κ1) is 20.1. The lowest BCUT2D eigenvalue weighted by Crippen LogP contribution is -2.56. The summed E-state index contributed by atoms with van der Waals surface area (Å²) in [5, 5.41) is 5.06. The van der Waals surface area contributed by atoms with Crippen LogP contribution in [0.5, 0.6) is 5.75 Å². The number of nitrogens with zero attached hydrogens (tertiary/aromatic N) is 4. The molecule has 0 atom stereocenters. The van der Waals surface area contributed by atoms with E-state index < -0.39 is 0 Å². The van der Waals surface area contributed by atoms with Crippen molar-refractivity contribution >= 4 is 16.8 Å². The summed E-state index contributed by atoms with van der Waals surface area (Å²) in [6.07, 6.45) is 1.64. The van der Waals surface area contributed by atoms with Gasteiger partial charge in [0.25, 0.3) is 11.8 Å². The number of fused-ring (bicyclic) bond motifs is 1. The molecule has 34 heavy (non-hydrogen) atoms. The van der Waals surface area contributed by atoms with Gasteiger partial charge in [0.2, 0.25) is 5.82 Å². The SMILES string of the molecule is O=C(c1ccc2ncccc2c1)N1CC(Oc2ccccc2-c2nc(-c3ccccc3)no2)C1. The van der Waals surface area contributed by atoms with Gasteiger partial charge in [0.15, 0.2) is 0 Å². The average Bonchev–Trinajstić information content (AvgIpc) is 3.36. The van der Waals surface area contributed by atoms with E-state index in [1.807, 2.05) is 84.9 Å². The average molecular weight is 448 g/mol. The molecule has 1 saturated heterocycles. The highest BCUT2D eigenvalue weighted by Gasteiger charge is 2.33. The lowest BCUT2D eigenvalue weighted by molar-refractivity contribution is 0.0179. The van der Waals surface area contributed by atoms with Crippen molar-refractivity contribution in [2.45, 2.75) is 6.10 Å². The fraction of sp³-hybridized carbons (Fsp3) is 0.111. The molecule has 0 radical (unpaired) electrons. The summed E-state index contributed by atoms with van der Waals surface area (Å²) in [7, 11) is 0. The summed E-state index contributed by atoms with van der Waals surface area (Å²) in [5.74, 6) is 1.56. The summed E-state index contributed by atoms with van der Waals surface area (Å²) in [6.45, 7) is 1.02. The largest absolute Gasteiger partial charge is 0.486 e. The van der Waals surface area contributed by atoms with E-state index in [9.17, 15) is 4.79 Å². The van der Waals surface area contributed by atoms with Crippen molar-refractivity contribution in [3.05, 3.63) is 96.7 Å². The van der Waals surface area contributed by atoms with Gasteiger partial charge in [0.1, 0.15) is 11.9 Å². The van der Waals surface area contributed by atoms with E-state index in [1.54, 1.807) is 11.1 Å². The summed E-state index contributed by atoms with van der Waals surface area (Å²) >= 11 is 0. The number of ether oxygens (including phenoxy) is 1. The smallest absolute Gasteiger partial charge is 0.262 e. The first-order valence-corrected chi connectivity index (χ1v) is 11.0. The Morgan fingerprint density at radius 3 is 2.65 bits per heavy atom. The van der Waals surface area contributed by atoms with Crippen LogP contribution < -0.4 is 4.74 Å². The molecule has 7 nitrogen and oxygen atoms in total. The molecule has 0 aliphatic carbocycles. The number of rotatable bonds is 5. The molecule has 0 spiro atoms. The molecule has 6 rings (SSSR count). The molecule has 1 aliphatic rings. The molecule has 7 heteroatoms. The van der Waals surface area contributed by atoms with Crippen LogP contribution in [-0.4, -0.2) is 45.1 Å². The first-order chi connectivity index (χ1) is 16.7. The maximum atomic E-state index is 12.9. The quantitative estimate of drug-likeness (QED) is 0.382. The standard InChI is InChI=1S/C27H20N4O3/c32-27(20-12-13-23-19(15-20)9-6-14-28-23)31-16-21(17-31)33-24-11-5-4-10-22(24)26-29-25(30-34-26)18-7-2-1-3-8-18/h1-15,21H,16-17H2. The molecule has 0 bridgehead atoms. The van der Waals surface area contributed by atoms with Gasteiger partial charge in [-0.15, -0.1) is 0 Å². The Kier molecular flexibility index (Phi) is 4.99. The van der Waals surface area contributed by atoms with E-state index in [1.165, 1.54) is 0 Å². The van der Waals surface area contributed by atoms with E-state index in [2.05, 4.69) is 15.1 Å². The normalized spacial score (nSPS) is 13.6. The zero-order chi connectivity index (χ0) is 22.9. The van der Waals surface area contributed by atoms with Crippen molar-refractivity contribution in [3.8, 4) is 28.6 Å². The number of para-hydroxylation sites is 1. The molecule has 1 aliphatic heterocycles. The van der Waals surface area contributed by atoms with Crippen molar-refractivity contribution in [1.82, 2.24) is 20.0 Å². The van der Waals surface area contributed by atoms with Crippen LogP contribution in [-0.2, 0) is 0 Å². The number of aromatic nitrogens is 3. The van der Waals surface area contributed by atoms with Crippen molar-refractivity contribution < 1.29 is 14.1 Å². The van der Waals surface area contributed by atoms with E-state index in [4.69, 9.17) is 9.26 Å². The molecule has 1 fully saturated rings. The third kappa shape index (κ3) is 3.77. The number of hydrogen-bond acceptors (Lipinski definition) is 6. The van der Waals surface area contributed by atoms with Gasteiger partial charge in [-0.25, -0.2) is 0 Å². The van der Waals surface area contributed by atoms with Crippen molar-refractivity contribution in [2.24, 2.45) is 0 Å². The molecule has 0 saturated carbocycles. The number of pyridine rings is 1. The van der Waals surface area contributed by atoms with Gasteiger partial charge >= 0.3 is 0 Å². The topological polar surface area (TPSA) is 81.4 Å². The van der Waals surface area contributed by atoms with Crippen LogP contribution in [0.25, 0.3) is 33.7 Å². The Morgan fingerprint density at radius 1 is 0.941 bits per heavy atom. The number of amides is 1. The van der Waals surface area contributed by atoms with Crippen LogP contribution in [0.3, 0.4) is 0 Å². The number of carbonyl (C=O) groups is 1. The van der Waals surface area contributed by atoms with Gasteiger partial charge in [0.05, 0.1) is 24.2 Å².